The van der Waals surface area contributed by atoms with E-state index in [9.17, 15) is 9.18 Å². The summed E-state index contributed by atoms with van der Waals surface area (Å²) < 4.78 is 15.7. The summed E-state index contributed by atoms with van der Waals surface area (Å²) in [7, 11) is 0. The second kappa shape index (κ2) is 7.48. The molecule has 4 nitrogen and oxygen atoms in total. The summed E-state index contributed by atoms with van der Waals surface area (Å²) in [6.45, 7) is 0.369. The molecule has 1 atom stereocenters. The Labute approximate surface area is 177 Å². The molecule has 5 rings (SSSR count). The number of amides is 1. The second-order valence-corrected chi connectivity index (χ2v) is 8.01. The zero-order chi connectivity index (χ0) is 20.7. The molecule has 2 heterocycles. The lowest BCUT2D eigenvalue weighted by molar-refractivity contribution is -0.119. The number of rotatable bonds is 3. The summed E-state index contributed by atoms with van der Waals surface area (Å²) in [4.78, 5) is 19.3. The van der Waals surface area contributed by atoms with Gasteiger partial charge in [0.25, 0.3) is 5.91 Å². The number of benzene rings is 3. The number of carbonyl (C=O) groups is 1. The molecule has 4 aromatic rings. The van der Waals surface area contributed by atoms with Gasteiger partial charge in [0.05, 0.1) is 17.9 Å². The van der Waals surface area contributed by atoms with Crippen molar-refractivity contribution < 1.29 is 9.18 Å². The first-order valence-corrected chi connectivity index (χ1v) is 10.5. The molecule has 1 amide bonds. The van der Waals surface area contributed by atoms with Crippen molar-refractivity contribution in [2.24, 2.45) is 10.7 Å². The van der Waals surface area contributed by atoms with Gasteiger partial charge in [0.15, 0.2) is 6.17 Å². The third-order valence-corrected chi connectivity index (χ3v) is 6.27. The van der Waals surface area contributed by atoms with E-state index in [1.165, 1.54) is 6.07 Å². The van der Waals surface area contributed by atoms with Crippen LogP contribution in [0.2, 0.25) is 0 Å². The number of halogens is 1. The number of nitrogens with two attached hydrogens (primary N) is 1. The van der Waals surface area contributed by atoms with Crippen molar-refractivity contribution >= 4 is 38.7 Å². The van der Waals surface area contributed by atoms with E-state index >= 15 is 0 Å². The van der Waals surface area contributed by atoms with Crippen molar-refractivity contribution in [2.75, 3.05) is 4.90 Å². The summed E-state index contributed by atoms with van der Waals surface area (Å²) in [6, 6.07) is 21.9. The predicted molar refractivity (Wildman–Crippen MR) is 119 cm³/mol. The van der Waals surface area contributed by atoms with Crippen LogP contribution in [-0.2, 0) is 11.3 Å². The lowest BCUT2D eigenvalue weighted by atomic mass is 9.99. The standard InChI is InChI=1S/C24H18FN3OS/c25-19-10-4-1-8-17(19)22-18-9-2-5-11-20(18)28(24(29)23(26)27-22)13-15-14-30-21-12-6-3-7-16(15)21/h1-12,14,23H,13,26H2/t23-/m0/s1. The number of nitrogens with zero attached hydrogens (tertiary/aromatic N) is 2. The third kappa shape index (κ3) is 3.10. The Kier molecular flexibility index (Phi) is 4.65. The van der Waals surface area contributed by atoms with Crippen molar-refractivity contribution in [3.05, 3.63) is 101 Å². The smallest absolute Gasteiger partial charge is 0.266 e. The van der Waals surface area contributed by atoms with Crippen LogP contribution < -0.4 is 10.6 Å². The van der Waals surface area contributed by atoms with E-state index in [2.05, 4.69) is 22.5 Å². The average molecular weight is 415 g/mol. The SMILES string of the molecule is N[C@H]1N=C(c2ccccc2F)c2ccccc2N(Cc2csc3ccccc23)C1=O. The molecule has 30 heavy (non-hydrogen) atoms. The second-order valence-electron chi connectivity index (χ2n) is 7.10. The molecule has 0 saturated carbocycles. The van der Waals surface area contributed by atoms with Gasteiger partial charge in [-0.15, -0.1) is 11.3 Å². The quantitative estimate of drug-likeness (QED) is 0.527. The number of para-hydroxylation sites is 1. The van der Waals surface area contributed by atoms with Gasteiger partial charge in [0, 0.05) is 15.8 Å². The molecular formula is C24H18FN3OS. The Bertz CT molecular complexity index is 1300. The zero-order valence-electron chi connectivity index (χ0n) is 16.0. The number of benzodiazepines with no additional fused rings is 1. The molecule has 0 aliphatic carbocycles. The van der Waals surface area contributed by atoms with Gasteiger partial charge in [-0.05, 0) is 40.6 Å². The number of thiophene rings is 1. The van der Waals surface area contributed by atoms with E-state index in [1.54, 1.807) is 34.4 Å². The summed E-state index contributed by atoms with van der Waals surface area (Å²) in [5, 5.41) is 3.18. The normalized spacial score (nSPS) is 16.3. The van der Waals surface area contributed by atoms with Gasteiger partial charge in [0.2, 0.25) is 0 Å². The minimum Gasteiger partial charge on any atom is -0.304 e. The largest absolute Gasteiger partial charge is 0.304 e. The van der Waals surface area contributed by atoms with Crippen LogP contribution in [0.3, 0.4) is 0 Å². The van der Waals surface area contributed by atoms with E-state index in [4.69, 9.17) is 5.73 Å². The fourth-order valence-corrected chi connectivity index (χ4v) is 4.76. The summed E-state index contributed by atoms with van der Waals surface area (Å²) in [5.74, 6) is -0.716. The molecule has 0 spiro atoms. The first-order valence-electron chi connectivity index (χ1n) is 9.57. The van der Waals surface area contributed by atoms with Crippen LogP contribution in [0, 0.1) is 5.82 Å². The molecule has 0 fully saturated rings. The molecule has 1 aromatic heterocycles. The third-order valence-electron chi connectivity index (χ3n) is 5.26. The van der Waals surface area contributed by atoms with Crippen LogP contribution in [0.5, 0.6) is 0 Å². The molecule has 1 aliphatic rings. The number of fused-ring (bicyclic) bond motifs is 2. The Morgan fingerprint density at radius 3 is 2.50 bits per heavy atom. The molecule has 6 heteroatoms. The van der Waals surface area contributed by atoms with Crippen molar-refractivity contribution in [1.82, 2.24) is 0 Å². The molecule has 0 saturated heterocycles. The lowest BCUT2D eigenvalue weighted by Crippen LogP contribution is -2.41. The van der Waals surface area contributed by atoms with Gasteiger partial charge in [-0.2, -0.15) is 0 Å². The number of hydrogen-bond donors (Lipinski definition) is 1. The zero-order valence-corrected chi connectivity index (χ0v) is 16.8. The minimum absolute atomic E-state index is 0.316. The molecule has 3 aromatic carbocycles. The Balaban J connectivity index is 1.65. The van der Waals surface area contributed by atoms with Gasteiger partial charge in [-0.25, -0.2) is 4.39 Å². The number of hydrogen-bond acceptors (Lipinski definition) is 4. The lowest BCUT2D eigenvalue weighted by Gasteiger charge is -2.24. The highest BCUT2D eigenvalue weighted by molar-refractivity contribution is 7.17. The first-order chi connectivity index (χ1) is 14.6. The highest BCUT2D eigenvalue weighted by Crippen LogP contribution is 2.32. The van der Waals surface area contributed by atoms with E-state index in [-0.39, 0.29) is 5.91 Å². The van der Waals surface area contributed by atoms with Gasteiger partial charge in [-0.3, -0.25) is 9.79 Å². The highest BCUT2D eigenvalue weighted by atomic mass is 32.1. The van der Waals surface area contributed by atoms with Crippen molar-refractivity contribution in [2.45, 2.75) is 12.7 Å². The van der Waals surface area contributed by atoms with E-state index in [0.717, 1.165) is 15.6 Å². The van der Waals surface area contributed by atoms with Gasteiger partial charge >= 0.3 is 0 Å². The van der Waals surface area contributed by atoms with Crippen molar-refractivity contribution in [3.63, 3.8) is 0 Å². The molecule has 0 radical (unpaired) electrons. The van der Waals surface area contributed by atoms with Crippen LogP contribution in [0.1, 0.15) is 16.7 Å². The number of aliphatic imine (C=N–C) groups is 1. The van der Waals surface area contributed by atoms with E-state index in [0.29, 0.717) is 29.1 Å². The molecule has 2 N–H and O–H groups in total. The van der Waals surface area contributed by atoms with Crippen LogP contribution in [0.25, 0.3) is 10.1 Å². The van der Waals surface area contributed by atoms with Crippen LogP contribution >= 0.6 is 11.3 Å². The first kappa shape index (κ1) is 18.7. The summed E-state index contributed by atoms with van der Waals surface area (Å²) in [5.41, 5.74) is 9.29. The summed E-state index contributed by atoms with van der Waals surface area (Å²) >= 11 is 1.64. The van der Waals surface area contributed by atoms with Crippen molar-refractivity contribution in [3.8, 4) is 0 Å². The molecule has 1 aliphatic heterocycles. The Morgan fingerprint density at radius 2 is 1.67 bits per heavy atom. The van der Waals surface area contributed by atoms with Gasteiger partial charge in [-0.1, -0.05) is 48.5 Å². The molecule has 0 bridgehead atoms. The monoisotopic (exact) mass is 415 g/mol. The fraction of sp³-hybridized carbons (Fsp3) is 0.0833. The van der Waals surface area contributed by atoms with E-state index in [1.807, 2.05) is 36.4 Å². The predicted octanol–water partition coefficient (Wildman–Crippen LogP) is 4.71. The highest BCUT2D eigenvalue weighted by Gasteiger charge is 2.31. The van der Waals surface area contributed by atoms with Crippen LogP contribution in [-0.4, -0.2) is 17.8 Å². The fourth-order valence-electron chi connectivity index (χ4n) is 3.81. The Morgan fingerprint density at radius 1 is 0.967 bits per heavy atom. The number of anilines is 1. The maximum atomic E-state index is 14.6. The van der Waals surface area contributed by atoms with E-state index < -0.39 is 12.0 Å². The molecule has 148 valence electrons. The maximum absolute atomic E-state index is 14.6. The maximum Gasteiger partial charge on any atom is 0.266 e. The van der Waals surface area contributed by atoms with Crippen LogP contribution in [0.4, 0.5) is 10.1 Å². The number of carbonyl (C=O) groups excluding carboxylic acids is 1. The Hall–Kier alpha value is -3.35. The molecular weight excluding hydrogens is 397 g/mol. The van der Waals surface area contributed by atoms with Gasteiger partial charge < -0.3 is 10.6 Å². The molecule has 0 unspecified atom stereocenters. The van der Waals surface area contributed by atoms with Gasteiger partial charge in [0.1, 0.15) is 5.82 Å². The van der Waals surface area contributed by atoms with Crippen LogP contribution in [0.15, 0.2) is 83.2 Å². The summed E-state index contributed by atoms with van der Waals surface area (Å²) in [6.07, 6.45) is -1.11. The van der Waals surface area contributed by atoms with Crippen molar-refractivity contribution in [1.29, 1.82) is 0 Å². The minimum atomic E-state index is -1.11. The topological polar surface area (TPSA) is 58.7 Å². The average Bonchev–Trinajstić information content (AvgIpc) is 3.14.